The fraction of sp³-hybridized carbons (Fsp3) is 0.500. The third kappa shape index (κ3) is 4.60. The first-order chi connectivity index (χ1) is 8.04. The topological polar surface area (TPSA) is 12.0 Å². The lowest BCUT2D eigenvalue weighted by molar-refractivity contribution is 0.443. The van der Waals surface area contributed by atoms with Crippen LogP contribution in [0.1, 0.15) is 19.4 Å². The molecule has 96 valence electrons. The standard InChI is InChI=1S/C12H16F3NS/c1-3-17-7-8(2)16-6-9-4-10(13)12(15)11(14)5-9/h4-5,8,16H,3,6-7H2,1-2H3. The van der Waals surface area contributed by atoms with Gasteiger partial charge in [0.2, 0.25) is 0 Å². The molecule has 5 heteroatoms. The molecule has 0 aliphatic heterocycles. The number of hydrogen-bond donors (Lipinski definition) is 1. The Hall–Kier alpha value is -0.680. The van der Waals surface area contributed by atoms with Gasteiger partial charge in [0.15, 0.2) is 17.5 Å². The Morgan fingerprint density at radius 2 is 1.82 bits per heavy atom. The van der Waals surface area contributed by atoms with E-state index in [2.05, 4.69) is 12.2 Å². The SMILES string of the molecule is CCSCC(C)NCc1cc(F)c(F)c(F)c1. The van der Waals surface area contributed by atoms with Crippen LogP contribution in [-0.2, 0) is 6.54 Å². The third-order valence-electron chi connectivity index (χ3n) is 2.27. The van der Waals surface area contributed by atoms with Crippen molar-refractivity contribution in [1.29, 1.82) is 0 Å². The van der Waals surface area contributed by atoms with Crippen LogP contribution in [0.25, 0.3) is 0 Å². The summed E-state index contributed by atoms with van der Waals surface area (Å²) in [4.78, 5) is 0. The molecule has 0 spiro atoms. The second kappa shape index (κ2) is 6.91. The van der Waals surface area contributed by atoms with E-state index in [1.54, 1.807) is 11.8 Å². The molecule has 1 nitrogen and oxygen atoms in total. The summed E-state index contributed by atoms with van der Waals surface area (Å²) in [5, 5.41) is 3.13. The molecular formula is C12H16F3NS. The van der Waals surface area contributed by atoms with Crippen molar-refractivity contribution < 1.29 is 13.2 Å². The van der Waals surface area contributed by atoms with Gasteiger partial charge in [0.05, 0.1) is 0 Å². The average molecular weight is 263 g/mol. The van der Waals surface area contributed by atoms with Crippen LogP contribution in [0.5, 0.6) is 0 Å². The molecule has 1 aromatic carbocycles. The average Bonchev–Trinajstić information content (AvgIpc) is 2.30. The lowest BCUT2D eigenvalue weighted by Crippen LogP contribution is -2.27. The molecule has 1 N–H and O–H groups in total. The molecule has 0 saturated heterocycles. The Balaban J connectivity index is 2.52. The smallest absolute Gasteiger partial charge is 0.194 e. The van der Waals surface area contributed by atoms with E-state index in [0.717, 1.165) is 23.6 Å². The predicted octanol–water partition coefficient (Wildman–Crippen LogP) is 3.34. The van der Waals surface area contributed by atoms with Crippen molar-refractivity contribution in [2.75, 3.05) is 11.5 Å². The van der Waals surface area contributed by atoms with Crippen LogP contribution >= 0.6 is 11.8 Å². The fourth-order valence-corrected chi connectivity index (χ4v) is 2.06. The number of benzene rings is 1. The molecule has 0 aliphatic carbocycles. The van der Waals surface area contributed by atoms with E-state index in [4.69, 9.17) is 0 Å². The molecule has 0 heterocycles. The second-order valence-electron chi connectivity index (χ2n) is 3.81. The molecule has 1 unspecified atom stereocenters. The predicted molar refractivity (Wildman–Crippen MR) is 65.6 cm³/mol. The van der Waals surface area contributed by atoms with Crippen LogP contribution in [-0.4, -0.2) is 17.5 Å². The van der Waals surface area contributed by atoms with E-state index < -0.39 is 17.5 Å². The summed E-state index contributed by atoms with van der Waals surface area (Å²) in [6.07, 6.45) is 0. The largest absolute Gasteiger partial charge is 0.309 e. The summed E-state index contributed by atoms with van der Waals surface area (Å²) >= 11 is 1.79. The maximum Gasteiger partial charge on any atom is 0.194 e. The fourth-order valence-electron chi connectivity index (χ4n) is 1.36. The van der Waals surface area contributed by atoms with Crippen LogP contribution in [0.3, 0.4) is 0 Å². The third-order valence-corrected chi connectivity index (χ3v) is 3.41. The lowest BCUT2D eigenvalue weighted by atomic mass is 10.2. The van der Waals surface area contributed by atoms with Crippen molar-refractivity contribution in [1.82, 2.24) is 5.32 Å². The Bertz CT molecular complexity index is 348. The minimum absolute atomic E-state index is 0.246. The van der Waals surface area contributed by atoms with Crippen LogP contribution in [0.4, 0.5) is 13.2 Å². The molecule has 0 aromatic heterocycles. The molecule has 0 bridgehead atoms. The van der Waals surface area contributed by atoms with Crippen LogP contribution in [0.15, 0.2) is 12.1 Å². The van der Waals surface area contributed by atoms with Gasteiger partial charge in [0.25, 0.3) is 0 Å². The van der Waals surface area contributed by atoms with Crippen molar-refractivity contribution in [2.24, 2.45) is 0 Å². The number of thioether (sulfide) groups is 1. The Kier molecular flexibility index (Phi) is 5.85. The highest BCUT2D eigenvalue weighted by Crippen LogP contribution is 2.13. The molecule has 1 atom stereocenters. The van der Waals surface area contributed by atoms with Gasteiger partial charge in [0.1, 0.15) is 0 Å². The van der Waals surface area contributed by atoms with Gasteiger partial charge in [-0.25, -0.2) is 13.2 Å². The van der Waals surface area contributed by atoms with E-state index >= 15 is 0 Å². The van der Waals surface area contributed by atoms with Crippen LogP contribution in [0.2, 0.25) is 0 Å². The van der Waals surface area contributed by atoms with Crippen LogP contribution < -0.4 is 5.32 Å². The van der Waals surface area contributed by atoms with Crippen molar-refractivity contribution >= 4 is 11.8 Å². The van der Waals surface area contributed by atoms with E-state index in [1.165, 1.54) is 0 Å². The number of halogens is 3. The zero-order valence-corrected chi connectivity index (χ0v) is 10.7. The number of hydrogen-bond acceptors (Lipinski definition) is 2. The number of rotatable bonds is 6. The highest BCUT2D eigenvalue weighted by Gasteiger charge is 2.10. The summed E-state index contributed by atoms with van der Waals surface area (Å²) in [5.41, 5.74) is 0.412. The first-order valence-corrected chi connectivity index (χ1v) is 6.64. The molecule has 0 fully saturated rings. The van der Waals surface area contributed by atoms with Crippen molar-refractivity contribution in [2.45, 2.75) is 26.4 Å². The molecular weight excluding hydrogens is 247 g/mol. The normalized spacial score (nSPS) is 12.8. The first-order valence-electron chi connectivity index (χ1n) is 5.49. The monoisotopic (exact) mass is 263 g/mol. The van der Waals surface area contributed by atoms with Gasteiger partial charge in [0, 0.05) is 18.3 Å². The minimum atomic E-state index is -1.41. The summed E-state index contributed by atoms with van der Waals surface area (Å²) in [6.45, 7) is 4.40. The van der Waals surface area contributed by atoms with Gasteiger partial charge in [-0.2, -0.15) is 11.8 Å². The van der Waals surface area contributed by atoms with Crippen LogP contribution in [0, 0.1) is 17.5 Å². The summed E-state index contributed by atoms with van der Waals surface area (Å²) in [7, 11) is 0. The van der Waals surface area contributed by atoms with E-state index in [9.17, 15) is 13.2 Å². The van der Waals surface area contributed by atoms with E-state index in [0.29, 0.717) is 12.1 Å². The molecule has 1 aromatic rings. The summed E-state index contributed by atoms with van der Waals surface area (Å²) in [6, 6.07) is 2.28. The summed E-state index contributed by atoms with van der Waals surface area (Å²) < 4.78 is 38.5. The minimum Gasteiger partial charge on any atom is -0.309 e. The summed E-state index contributed by atoms with van der Waals surface area (Å²) in [5.74, 6) is -1.73. The van der Waals surface area contributed by atoms with Crippen molar-refractivity contribution in [3.8, 4) is 0 Å². The Labute approximate surface area is 104 Å². The molecule has 0 saturated carbocycles. The quantitative estimate of drug-likeness (QED) is 0.790. The Morgan fingerprint density at radius 3 is 2.35 bits per heavy atom. The molecule has 0 radical (unpaired) electrons. The van der Waals surface area contributed by atoms with Crippen molar-refractivity contribution in [3.63, 3.8) is 0 Å². The van der Waals surface area contributed by atoms with E-state index in [-0.39, 0.29) is 6.04 Å². The molecule has 17 heavy (non-hydrogen) atoms. The van der Waals surface area contributed by atoms with Gasteiger partial charge >= 0.3 is 0 Å². The van der Waals surface area contributed by atoms with Gasteiger partial charge in [-0.1, -0.05) is 6.92 Å². The maximum absolute atomic E-state index is 12.9. The lowest BCUT2D eigenvalue weighted by Gasteiger charge is -2.13. The first kappa shape index (κ1) is 14.4. The maximum atomic E-state index is 12.9. The zero-order chi connectivity index (χ0) is 12.8. The van der Waals surface area contributed by atoms with E-state index in [1.807, 2.05) is 6.92 Å². The number of nitrogens with one attached hydrogen (secondary N) is 1. The molecule has 1 rings (SSSR count). The van der Waals surface area contributed by atoms with Gasteiger partial charge in [-0.15, -0.1) is 0 Å². The van der Waals surface area contributed by atoms with Gasteiger partial charge in [-0.3, -0.25) is 0 Å². The second-order valence-corrected chi connectivity index (χ2v) is 5.13. The highest BCUT2D eigenvalue weighted by molar-refractivity contribution is 7.99. The highest BCUT2D eigenvalue weighted by atomic mass is 32.2. The van der Waals surface area contributed by atoms with Gasteiger partial charge in [-0.05, 0) is 30.4 Å². The van der Waals surface area contributed by atoms with Gasteiger partial charge < -0.3 is 5.32 Å². The molecule has 0 amide bonds. The Morgan fingerprint density at radius 1 is 1.24 bits per heavy atom. The molecule has 0 aliphatic rings. The zero-order valence-electron chi connectivity index (χ0n) is 9.90. The van der Waals surface area contributed by atoms with Crippen molar-refractivity contribution in [3.05, 3.63) is 35.1 Å².